The molecule has 0 spiro atoms. The minimum absolute atomic E-state index is 0.0583. The monoisotopic (exact) mass is 452 g/mol. The van der Waals surface area contributed by atoms with Crippen molar-refractivity contribution in [2.75, 3.05) is 12.4 Å². The first kappa shape index (κ1) is 22.7. The summed E-state index contributed by atoms with van der Waals surface area (Å²) in [4.78, 5) is 25.8. The lowest BCUT2D eigenvalue weighted by Crippen LogP contribution is -2.62. The summed E-state index contributed by atoms with van der Waals surface area (Å²) in [6.45, 7) is 8.97. The van der Waals surface area contributed by atoms with Crippen LogP contribution >= 0.6 is 0 Å². The number of rotatable bonds is 3. The molecule has 180 valence electrons. The van der Waals surface area contributed by atoms with Gasteiger partial charge in [-0.2, -0.15) is 0 Å². The summed E-state index contributed by atoms with van der Waals surface area (Å²) in [6.07, 6.45) is 7.97. The third-order valence-corrected chi connectivity index (χ3v) is 10.1. The predicted molar refractivity (Wildman–Crippen MR) is 130 cm³/mol. The highest BCUT2D eigenvalue weighted by Crippen LogP contribution is 2.66. The maximum Gasteiger partial charge on any atom is 0.222 e. The van der Waals surface area contributed by atoms with Gasteiger partial charge in [0.25, 0.3) is 0 Å². The second-order valence-corrected chi connectivity index (χ2v) is 12.1. The van der Waals surface area contributed by atoms with Crippen molar-refractivity contribution < 1.29 is 14.3 Å². The molecule has 2 unspecified atom stereocenters. The van der Waals surface area contributed by atoms with Crippen molar-refractivity contribution in [1.29, 1.82) is 0 Å². The number of amides is 2. The Hall–Kier alpha value is -2.04. The van der Waals surface area contributed by atoms with Crippen LogP contribution in [0.15, 0.2) is 24.3 Å². The Bertz CT molecular complexity index is 930. The third-order valence-electron chi connectivity index (χ3n) is 10.1. The number of fused-ring (bicyclic) bond motifs is 5. The highest BCUT2D eigenvalue weighted by molar-refractivity contribution is 5.88. The van der Waals surface area contributed by atoms with Crippen LogP contribution < -0.4 is 10.1 Å². The first-order valence-electron chi connectivity index (χ1n) is 12.9. The number of benzene rings is 1. The van der Waals surface area contributed by atoms with Crippen molar-refractivity contribution in [2.45, 2.75) is 84.8 Å². The van der Waals surface area contributed by atoms with Crippen molar-refractivity contribution in [2.24, 2.45) is 34.5 Å². The third kappa shape index (κ3) is 3.76. The molecule has 0 aromatic heterocycles. The number of anilines is 1. The Morgan fingerprint density at radius 3 is 2.55 bits per heavy atom. The Balaban J connectivity index is 1.33. The first-order chi connectivity index (χ1) is 15.6. The molecular weight excluding hydrogens is 412 g/mol. The zero-order valence-electron chi connectivity index (χ0n) is 20.9. The number of carbonyl (C=O) groups excluding carboxylic acids is 2. The molecule has 0 radical (unpaired) electrons. The molecule has 1 aromatic carbocycles. The van der Waals surface area contributed by atoms with Gasteiger partial charge in [0.15, 0.2) is 0 Å². The average Bonchev–Trinajstić information content (AvgIpc) is 3.09. The lowest BCUT2D eigenvalue weighted by molar-refractivity contribution is -0.164. The Labute approximate surface area is 198 Å². The van der Waals surface area contributed by atoms with E-state index in [1.165, 1.54) is 19.8 Å². The van der Waals surface area contributed by atoms with Gasteiger partial charge in [-0.15, -0.1) is 0 Å². The van der Waals surface area contributed by atoms with Gasteiger partial charge < -0.3 is 15.0 Å². The predicted octanol–water partition coefficient (Wildman–Crippen LogP) is 5.50. The van der Waals surface area contributed by atoms with E-state index in [-0.39, 0.29) is 17.4 Å². The van der Waals surface area contributed by atoms with Crippen LogP contribution in [0.4, 0.5) is 5.69 Å². The standard InChI is InChI=1S/C28H40N2O3/c1-17-14-24-28(4,13-11-25(32)30(24)5)22-10-12-27(3)16-21(15-23(27)26(17)22)33-20-8-6-19(7-9-20)29-18(2)31/h6-9,17,21-24,26H,10-16H2,1-5H3,(H,29,31)/t17?,21-,22-,23-,24+,26?,27+,28+/m0/s1. The summed E-state index contributed by atoms with van der Waals surface area (Å²) in [6, 6.07) is 8.18. The quantitative estimate of drug-likeness (QED) is 0.659. The van der Waals surface area contributed by atoms with Crippen LogP contribution in [0.1, 0.15) is 72.6 Å². The van der Waals surface area contributed by atoms with Crippen LogP contribution in [0.5, 0.6) is 5.75 Å². The highest BCUT2D eigenvalue weighted by atomic mass is 16.5. The van der Waals surface area contributed by atoms with Crippen molar-refractivity contribution in [3.63, 3.8) is 0 Å². The number of piperidine rings is 1. The molecule has 1 N–H and O–H groups in total. The molecule has 1 aliphatic heterocycles. The summed E-state index contributed by atoms with van der Waals surface area (Å²) in [5.74, 6) is 3.93. The van der Waals surface area contributed by atoms with Gasteiger partial charge in [-0.3, -0.25) is 9.59 Å². The molecule has 1 saturated heterocycles. The fourth-order valence-corrected chi connectivity index (χ4v) is 8.56. The molecule has 2 amide bonds. The van der Waals surface area contributed by atoms with Crippen LogP contribution in [0.3, 0.4) is 0 Å². The van der Waals surface area contributed by atoms with Crippen molar-refractivity contribution >= 4 is 17.5 Å². The molecule has 5 rings (SSSR count). The topological polar surface area (TPSA) is 58.6 Å². The highest BCUT2D eigenvalue weighted by Gasteiger charge is 2.62. The molecule has 1 aromatic rings. The molecule has 3 saturated carbocycles. The van der Waals surface area contributed by atoms with Crippen LogP contribution in [0, 0.1) is 34.5 Å². The molecule has 1 heterocycles. The normalized spacial score (nSPS) is 42.2. The minimum Gasteiger partial charge on any atom is -0.490 e. The van der Waals surface area contributed by atoms with Gasteiger partial charge in [0, 0.05) is 32.1 Å². The molecule has 5 nitrogen and oxygen atoms in total. The number of hydrogen-bond donors (Lipinski definition) is 1. The minimum atomic E-state index is -0.0583. The fraction of sp³-hybridized carbons (Fsp3) is 0.714. The fourth-order valence-electron chi connectivity index (χ4n) is 8.56. The number of nitrogens with zero attached hydrogens (tertiary/aromatic N) is 1. The maximum absolute atomic E-state index is 12.5. The Morgan fingerprint density at radius 2 is 1.85 bits per heavy atom. The van der Waals surface area contributed by atoms with Crippen LogP contribution in [-0.4, -0.2) is 35.9 Å². The lowest BCUT2D eigenvalue weighted by Gasteiger charge is -2.63. The van der Waals surface area contributed by atoms with Crippen LogP contribution in [0.2, 0.25) is 0 Å². The summed E-state index contributed by atoms with van der Waals surface area (Å²) >= 11 is 0. The van der Waals surface area contributed by atoms with Gasteiger partial charge in [0.2, 0.25) is 11.8 Å². The van der Waals surface area contributed by atoms with Crippen molar-refractivity contribution in [3.05, 3.63) is 24.3 Å². The van der Waals surface area contributed by atoms with Crippen molar-refractivity contribution in [1.82, 2.24) is 4.90 Å². The zero-order chi connectivity index (χ0) is 23.5. The smallest absolute Gasteiger partial charge is 0.222 e. The molecule has 5 heteroatoms. The lowest BCUT2D eigenvalue weighted by atomic mass is 9.45. The largest absolute Gasteiger partial charge is 0.490 e. The van der Waals surface area contributed by atoms with Gasteiger partial charge in [0.1, 0.15) is 5.75 Å². The van der Waals surface area contributed by atoms with Gasteiger partial charge in [-0.1, -0.05) is 20.8 Å². The molecule has 3 aliphatic carbocycles. The van der Waals surface area contributed by atoms with Crippen molar-refractivity contribution in [3.8, 4) is 5.75 Å². The first-order valence-corrected chi connectivity index (χ1v) is 12.9. The molecule has 4 fully saturated rings. The van der Waals surface area contributed by atoms with Crippen LogP contribution in [0.25, 0.3) is 0 Å². The number of hydrogen-bond acceptors (Lipinski definition) is 3. The van der Waals surface area contributed by atoms with E-state index in [0.717, 1.165) is 43.0 Å². The number of ether oxygens (including phenoxy) is 1. The second-order valence-electron chi connectivity index (χ2n) is 12.1. The summed E-state index contributed by atoms with van der Waals surface area (Å²) in [5.41, 5.74) is 1.40. The van der Waals surface area contributed by atoms with Gasteiger partial charge in [-0.25, -0.2) is 0 Å². The van der Waals surface area contributed by atoms with E-state index in [2.05, 4.69) is 31.0 Å². The molecule has 33 heavy (non-hydrogen) atoms. The number of carbonyl (C=O) groups is 2. The summed E-state index contributed by atoms with van der Waals surface area (Å²) < 4.78 is 6.50. The second kappa shape index (κ2) is 8.02. The van der Waals surface area contributed by atoms with Gasteiger partial charge in [0.05, 0.1) is 6.10 Å². The van der Waals surface area contributed by atoms with Gasteiger partial charge >= 0.3 is 0 Å². The van der Waals surface area contributed by atoms with E-state index < -0.39 is 0 Å². The van der Waals surface area contributed by atoms with E-state index in [4.69, 9.17) is 4.74 Å². The average molecular weight is 453 g/mol. The SMILES string of the molecule is CC(=O)Nc1ccc(O[C@H]2C[C@H]3C4C(C)C[C@H]5N(C)C(=O)CC[C@]5(C)[C@H]4CC[C@]3(C)C2)cc1. The molecule has 0 bridgehead atoms. The van der Waals surface area contributed by atoms with E-state index in [9.17, 15) is 9.59 Å². The number of nitrogens with one attached hydrogen (secondary N) is 1. The van der Waals surface area contributed by atoms with Crippen LogP contribution in [-0.2, 0) is 9.59 Å². The number of likely N-dealkylation sites (tertiary alicyclic amines) is 1. The van der Waals surface area contributed by atoms with E-state index in [1.807, 2.05) is 31.3 Å². The zero-order valence-corrected chi connectivity index (χ0v) is 20.9. The summed E-state index contributed by atoms with van der Waals surface area (Å²) in [7, 11) is 2.04. The molecule has 8 atom stereocenters. The maximum atomic E-state index is 12.5. The Kier molecular flexibility index (Phi) is 5.53. The molecular formula is C28H40N2O3. The molecule has 4 aliphatic rings. The van der Waals surface area contributed by atoms with Gasteiger partial charge in [-0.05, 0) is 97.3 Å². The van der Waals surface area contributed by atoms with E-state index >= 15 is 0 Å². The van der Waals surface area contributed by atoms with E-state index in [1.54, 1.807) is 0 Å². The van der Waals surface area contributed by atoms with E-state index in [0.29, 0.717) is 41.5 Å². The Morgan fingerprint density at radius 1 is 1.12 bits per heavy atom. The summed E-state index contributed by atoms with van der Waals surface area (Å²) in [5, 5.41) is 2.82.